The summed E-state index contributed by atoms with van der Waals surface area (Å²) in [6.45, 7) is 2.79. The van der Waals surface area contributed by atoms with Gasteiger partial charge >= 0.3 is 6.09 Å². The molecule has 1 unspecified atom stereocenters. The molecule has 2 heterocycles. The van der Waals surface area contributed by atoms with Crippen LogP contribution in [0.25, 0.3) is 11.0 Å². The van der Waals surface area contributed by atoms with Gasteiger partial charge in [0.2, 0.25) is 10.0 Å². The summed E-state index contributed by atoms with van der Waals surface area (Å²) < 4.78 is 34.3. The number of anilines is 1. The fraction of sp³-hybridized carbons (Fsp3) is 0.300. The molecule has 8 nitrogen and oxygen atoms in total. The van der Waals surface area contributed by atoms with Crippen LogP contribution in [0, 0.1) is 6.92 Å². The van der Waals surface area contributed by atoms with Crippen molar-refractivity contribution in [3.05, 3.63) is 54.4 Å². The number of carbonyl (C=O) groups is 1. The molecule has 1 N–H and O–H groups in total. The molecule has 1 aromatic heterocycles. The molecule has 0 spiro atoms. The van der Waals surface area contributed by atoms with Crippen LogP contribution in [0.2, 0.25) is 0 Å². The van der Waals surface area contributed by atoms with Crippen molar-refractivity contribution in [3.63, 3.8) is 0 Å². The molecule has 1 saturated heterocycles. The first-order valence-corrected chi connectivity index (χ1v) is 10.7. The highest BCUT2D eigenvalue weighted by atomic mass is 32.2. The number of ether oxygens (including phenoxy) is 1. The van der Waals surface area contributed by atoms with E-state index in [9.17, 15) is 13.2 Å². The zero-order chi connectivity index (χ0) is 20.6. The maximum absolute atomic E-state index is 13.1. The first-order valence-electron chi connectivity index (χ1n) is 9.29. The molecule has 1 aliphatic rings. The molecule has 1 aliphatic heterocycles. The first kappa shape index (κ1) is 19.4. The highest BCUT2D eigenvalue weighted by molar-refractivity contribution is 7.89. The molecule has 3 aromatic rings. The van der Waals surface area contributed by atoms with E-state index in [4.69, 9.17) is 0 Å². The number of hydrogen-bond donors (Lipinski definition) is 1. The second kappa shape index (κ2) is 7.49. The van der Waals surface area contributed by atoms with E-state index >= 15 is 0 Å². The van der Waals surface area contributed by atoms with Gasteiger partial charge in [-0.05, 0) is 49.7 Å². The summed E-state index contributed by atoms with van der Waals surface area (Å²) in [5.74, 6) is 0.883. The van der Waals surface area contributed by atoms with Gasteiger partial charge in [-0.2, -0.15) is 4.31 Å². The average molecular weight is 414 g/mol. The van der Waals surface area contributed by atoms with E-state index in [0.29, 0.717) is 18.8 Å². The first-order chi connectivity index (χ1) is 13.9. The maximum Gasteiger partial charge on any atom is 0.411 e. The van der Waals surface area contributed by atoms with Crippen LogP contribution < -0.4 is 5.32 Å². The summed E-state index contributed by atoms with van der Waals surface area (Å²) >= 11 is 0. The molecule has 0 aliphatic carbocycles. The van der Waals surface area contributed by atoms with E-state index in [0.717, 1.165) is 23.3 Å². The van der Waals surface area contributed by atoms with Crippen LogP contribution in [0.4, 0.5) is 10.5 Å². The third kappa shape index (κ3) is 3.58. The molecule has 0 saturated carbocycles. The van der Waals surface area contributed by atoms with Crippen molar-refractivity contribution < 1.29 is 17.9 Å². The largest absolute Gasteiger partial charge is 0.453 e. The fourth-order valence-electron chi connectivity index (χ4n) is 3.79. The van der Waals surface area contributed by atoms with Gasteiger partial charge in [-0.15, -0.1) is 0 Å². The minimum Gasteiger partial charge on any atom is -0.453 e. The molecule has 29 heavy (non-hydrogen) atoms. The van der Waals surface area contributed by atoms with E-state index in [2.05, 4.69) is 19.6 Å². The van der Waals surface area contributed by atoms with Crippen LogP contribution in [0.3, 0.4) is 0 Å². The quantitative estimate of drug-likeness (QED) is 0.708. The number of methoxy groups -OCH3 is 1. The number of aromatic nitrogens is 2. The van der Waals surface area contributed by atoms with E-state index in [-0.39, 0.29) is 10.9 Å². The molecule has 0 bridgehead atoms. The predicted molar refractivity (Wildman–Crippen MR) is 109 cm³/mol. The number of aryl methyl sites for hydroxylation is 1. The third-order valence-electron chi connectivity index (χ3n) is 5.19. The third-order valence-corrected chi connectivity index (χ3v) is 7.07. The molecule has 152 valence electrons. The van der Waals surface area contributed by atoms with Gasteiger partial charge in [0, 0.05) is 18.8 Å². The zero-order valence-electron chi connectivity index (χ0n) is 16.2. The Labute approximate surface area is 169 Å². The van der Waals surface area contributed by atoms with E-state index in [1.54, 1.807) is 12.1 Å². The lowest BCUT2D eigenvalue weighted by Gasteiger charge is -2.18. The van der Waals surface area contributed by atoms with Crippen molar-refractivity contribution >= 4 is 32.8 Å². The summed E-state index contributed by atoms with van der Waals surface area (Å²) in [4.78, 5) is 16.1. The summed E-state index contributed by atoms with van der Waals surface area (Å²) in [6.07, 6.45) is 0.119. The number of hydrogen-bond acceptors (Lipinski definition) is 5. The number of benzene rings is 2. The van der Waals surface area contributed by atoms with Crippen molar-refractivity contribution in [3.8, 4) is 0 Å². The smallest absolute Gasteiger partial charge is 0.411 e. The lowest BCUT2D eigenvalue weighted by Crippen LogP contribution is -2.29. The Hall–Kier alpha value is -2.91. The van der Waals surface area contributed by atoms with Crippen LogP contribution in [0.15, 0.2) is 53.4 Å². The topological polar surface area (TPSA) is 93.5 Å². The Balaban J connectivity index is 1.55. The molecule has 0 radical (unpaired) electrons. The SMILES string of the molecule is COC(=O)Nc1ccc(S(=O)(=O)N2CCC(n3c(C)nc4ccccc43)C2)cc1. The number of nitrogens with zero attached hydrogens (tertiary/aromatic N) is 3. The van der Waals surface area contributed by atoms with Crippen molar-refractivity contribution in [1.29, 1.82) is 0 Å². The van der Waals surface area contributed by atoms with Crippen molar-refractivity contribution in [2.75, 3.05) is 25.5 Å². The Kier molecular flexibility index (Phi) is 5.01. The zero-order valence-corrected chi connectivity index (χ0v) is 17.0. The molecule has 1 fully saturated rings. The van der Waals surface area contributed by atoms with Gasteiger partial charge in [0.15, 0.2) is 0 Å². The van der Waals surface area contributed by atoms with Crippen molar-refractivity contribution in [2.45, 2.75) is 24.3 Å². The lowest BCUT2D eigenvalue weighted by molar-refractivity contribution is 0.187. The van der Waals surface area contributed by atoms with Crippen LogP contribution in [0.1, 0.15) is 18.3 Å². The van der Waals surface area contributed by atoms with Gasteiger partial charge < -0.3 is 9.30 Å². The normalized spacial score (nSPS) is 17.5. The Morgan fingerprint density at radius 1 is 1.17 bits per heavy atom. The Morgan fingerprint density at radius 2 is 1.90 bits per heavy atom. The number of para-hydroxylation sites is 2. The highest BCUT2D eigenvalue weighted by Crippen LogP contribution is 2.31. The van der Waals surface area contributed by atoms with Crippen LogP contribution in [0.5, 0.6) is 0 Å². The van der Waals surface area contributed by atoms with Gasteiger partial charge in [0.1, 0.15) is 5.82 Å². The van der Waals surface area contributed by atoms with Crippen LogP contribution in [-0.4, -0.2) is 48.6 Å². The molecule has 9 heteroatoms. The molecular weight excluding hydrogens is 392 g/mol. The number of imidazole rings is 1. The average Bonchev–Trinajstić information content (AvgIpc) is 3.32. The number of sulfonamides is 1. The standard InChI is InChI=1S/C20H22N4O4S/c1-14-21-18-5-3-4-6-19(18)24(14)16-11-12-23(13-16)29(26,27)17-9-7-15(8-10-17)22-20(25)28-2/h3-10,16H,11-13H2,1-2H3,(H,22,25). The lowest BCUT2D eigenvalue weighted by atomic mass is 10.2. The Bertz CT molecular complexity index is 1150. The molecule has 2 aromatic carbocycles. The fourth-order valence-corrected chi connectivity index (χ4v) is 5.29. The molecule has 1 atom stereocenters. The molecule has 4 rings (SSSR count). The predicted octanol–water partition coefficient (Wildman–Crippen LogP) is 3.16. The minimum absolute atomic E-state index is 0.0393. The number of fused-ring (bicyclic) bond motifs is 1. The summed E-state index contributed by atoms with van der Waals surface area (Å²) in [6, 6.07) is 14.0. The summed E-state index contributed by atoms with van der Waals surface area (Å²) in [5.41, 5.74) is 2.41. The maximum atomic E-state index is 13.1. The summed E-state index contributed by atoms with van der Waals surface area (Å²) in [5, 5.41) is 2.51. The number of amides is 1. The monoisotopic (exact) mass is 414 g/mol. The van der Waals surface area contributed by atoms with Gasteiger partial charge in [-0.1, -0.05) is 12.1 Å². The van der Waals surface area contributed by atoms with Crippen LogP contribution in [-0.2, 0) is 14.8 Å². The van der Waals surface area contributed by atoms with Crippen molar-refractivity contribution in [2.24, 2.45) is 0 Å². The highest BCUT2D eigenvalue weighted by Gasteiger charge is 2.34. The second-order valence-corrected chi connectivity index (χ2v) is 8.90. The van der Waals surface area contributed by atoms with Gasteiger partial charge in [-0.25, -0.2) is 18.2 Å². The molecule has 1 amide bonds. The number of rotatable bonds is 4. The van der Waals surface area contributed by atoms with E-state index < -0.39 is 16.1 Å². The van der Waals surface area contributed by atoms with Gasteiger partial charge in [0.05, 0.1) is 29.1 Å². The number of nitrogens with one attached hydrogen (secondary N) is 1. The van der Waals surface area contributed by atoms with Crippen LogP contribution >= 0.6 is 0 Å². The second-order valence-electron chi connectivity index (χ2n) is 6.96. The van der Waals surface area contributed by atoms with Crippen molar-refractivity contribution in [1.82, 2.24) is 13.9 Å². The summed E-state index contributed by atoms with van der Waals surface area (Å²) in [7, 11) is -2.36. The Morgan fingerprint density at radius 3 is 2.62 bits per heavy atom. The minimum atomic E-state index is -3.62. The van der Waals surface area contributed by atoms with Gasteiger partial charge in [0.25, 0.3) is 0 Å². The number of carbonyl (C=O) groups excluding carboxylic acids is 1. The van der Waals surface area contributed by atoms with E-state index in [1.807, 2.05) is 31.2 Å². The van der Waals surface area contributed by atoms with Gasteiger partial charge in [-0.3, -0.25) is 5.32 Å². The van der Waals surface area contributed by atoms with E-state index in [1.165, 1.54) is 23.5 Å². The molecular formula is C20H22N4O4S.